The summed E-state index contributed by atoms with van der Waals surface area (Å²) in [5.41, 5.74) is 0.885. The summed E-state index contributed by atoms with van der Waals surface area (Å²) in [6, 6.07) is 13.4. The minimum Gasteiger partial charge on any atom is -0.402 e. The van der Waals surface area contributed by atoms with Gasteiger partial charge in [-0.05, 0) is 49.7 Å². The predicted molar refractivity (Wildman–Crippen MR) is 107 cm³/mol. The minimum atomic E-state index is -5.27. The lowest BCUT2D eigenvalue weighted by molar-refractivity contribution is -0.190. The number of hydrogen-bond donors (Lipinski definition) is 0. The molecule has 0 spiro atoms. The number of rotatable bonds is 5. The van der Waals surface area contributed by atoms with Crippen molar-refractivity contribution in [3.05, 3.63) is 60.2 Å². The van der Waals surface area contributed by atoms with Crippen molar-refractivity contribution in [2.24, 2.45) is 0 Å². The van der Waals surface area contributed by atoms with Crippen LogP contribution in [-0.4, -0.2) is 42.5 Å². The van der Waals surface area contributed by atoms with Crippen molar-refractivity contribution in [2.45, 2.75) is 30.5 Å². The fraction of sp³-hybridized carbons (Fsp3) is 0.286. The Morgan fingerprint density at radius 1 is 1.00 bits per heavy atom. The summed E-state index contributed by atoms with van der Waals surface area (Å²) in [4.78, 5) is 13.6. The largest absolute Gasteiger partial charge is 0.491 e. The van der Waals surface area contributed by atoms with Crippen LogP contribution in [0.15, 0.2) is 59.5 Å². The number of nitrogens with zero attached hydrogens (tertiary/aromatic N) is 2. The molecule has 1 aliphatic rings. The molecule has 0 radical (unpaired) electrons. The third-order valence-electron chi connectivity index (χ3n) is 5.16. The number of alkyl halides is 3. The van der Waals surface area contributed by atoms with Gasteiger partial charge in [-0.15, -0.1) is 0 Å². The maximum atomic E-state index is 13.3. The second-order valence-electron chi connectivity index (χ2n) is 7.29. The average molecular weight is 452 g/mol. The van der Waals surface area contributed by atoms with Crippen molar-refractivity contribution in [3.8, 4) is 5.88 Å². The van der Waals surface area contributed by atoms with Gasteiger partial charge in [0.1, 0.15) is 0 Å². The van der Waals surface area contributed by atoms with E-state index in [1.807, 2.05) is 0 Å². The molecule has 164 valence electrons. The fourth-order valence-electron chi connectivity index (χ4n) is 3.73. The number of carbonyl (C=O) groups is 1. The summed E-state index contributed by atoms with van der Waals surface area (Å²) >= 11 is 0. The highest BCUT2D eigenvalue weighted by molar-refractivity contribution is 7.90. The Morgan fingerprint density at radius 2 is 1.68 bits per heavy atom. The Balaban J connectivity index is 1.89. The summed E-state index contributed by atoms with van der Waals surface area (Å²) in [5.74, 6) is -3.18. The van der Waals surface area contributed by atoms with E-state index in [9.17, 15) is 26.4 Å². The first-order valence-electron chi connectivity index (χ1n) is 9.63. The molecule has 1 fully saturated rings. The van der Waals surface area contributed by atoms with Gasteiger partial charge in [-0.25, -0.2) is 17.2 Å². The highest BCUT2D eigenvalue weighted by Gasteiger charge is 2.42. The number of hydrogen-bond acceptors (Lipinski definition) is 5. The average Bonchev–Trinajstić information content (AvgIpc) is 3.36. The third-order valence-corrected chi connectivity index (χ3v) is 6.89. The number of fused-ring (bicyclic) bond motifs is 1. The van der Waals surface area contributed by atoms with Crippen molar-refractivity contribution in [1.82, 2.24) is 8.87 Å². The lowest BCUT2D eigenvalue weighted by atomic mass is 10.1. The number of likely N-dealkylation sites (tertiary alicyclic amines) is 1. The predicted octanol–water partition coefficient (Wildman–Crippen LogP) is 3.94. The molecule has 2 heterocycles. The normalized spacial score (nSPS) is 15.5. The molecular weight excluding hydrogens is 433 g/mol. The lowest BCUT2D eigenvalue weighted by Crippen LogP contribution is -2.29. The van der Waals surface area contributed by atoms with Crippen LogP contribution >= 0.6 is 0 Å². The van der Waals surface area contributed by atoms with Crippen LogP contribution in [0.3, 0.4) is 0 Å². The second-order valence-corrected chi connectivity index (χ2v) is 9.07. The van der Waals surface area contributed by atoms with Gasteiger partial charge in [-0.3, -0.25) is 4.90 Å². The highest BCUT2D eigenvalue weighted by Crippen LogP contribution is 2.34. The summed E-state index contributed by atoms with van der Waals surface area (Å²) in [7, 11) is -4.33. The molecule has 0 amide bonds. The van der Waals surface area contributed by atoms with Crippen molar-refractivity contribution >= 4 is 26.9 Å². The Hall–Kier alpha value is -2.85. The van der Waals surface area contributed by atoms with Crippen molar-refractivity contribution in [3.63, 3.8) is 0 Å². The molecule has 10 heteroatoms. The van der Waals surface area contributed by atoms with E-state index in [1.54, 1.807) is 18.2 Å². The molecule has 1 aliphatic heterocycles. The van der Waals surface area contributed by atoms with Gasteiger partial charge in [0.25, 0.3) is 10.0 Å². The molecule has 1 aromatic heterocycles. The van der Waals surface area contributed by atoms with E-state index in [1.165, 1.54) is 36.4 Å². The molecule has 4 rings (SSSR count). The zero-order valence-corrected chi connectivity index (χ0v) is 17.1. The Kier molecular flexibility index (Phi) is 5.52. The van der Waals surface area contributed by atoms with Crippen LogP contribution in [0.1, 0.15) is 18.4 Å². The van der Waals surface area contributed by atoms with E-state index in [4.69, 9.17) is 0 Å². The Labute approximate surface area is 176 Å². The van der Waals surface area contributed by atoms with Crippen LogP contribution in [-0.2, 0) is 21.4 Å². The molecule has 0 saturated carbocycles. The first-order valence-corrected chi connectivity index (χ1v) is 11.1. The monoisotopic (exact) mass is 452 g/mol. The van der Waals surface area contributed by atoms with Gasteiger partial charge in [0.05, 0.1) is 10.4 Å². The summed E-state index contributed by atoms with van der Waals surface area (Å²) in [6.45, 7) is 2.28. The molecule has 0 atom stereocenters. The van der Waals surface area contributed by atoms with Gasteiger partial charge in [0.2, 0.25) is 5.88 Å². The van der Waals surface area contributed by atoms with Crippen LogP contribution < -0.4 is 4.74 Å². The highest BCUT2D eigenvalue weighted by atomic mass is 32.2. The molecule has 31 heavy (non-hydrogen) atoms. The first-order chi connectivity index (χ1) is 14.7. The van der Waals surface area contributed by atoms with Crippen LogP contribution in [0.25, 0.3) is 10.9 Å². The lowest BCUT2D eigenvalue weighted by Gasteiger charge is -2.15. The van der Waals surface area contributed by atoms with Gasteiger partial charge in [0.15, 0.2) is 0 Å². The maximum absolute atomic E-state index is 13.3. The molecule has 0 unspecified atom stereocenters. The van der Waals surface area contributed by atoms with E-state index in [0.717, 1.165) is 31.5 Å². The quantitative estimate of drug-likeness (QED) is 0.549. The first kappa shape index (κ1) is 21.4. The third kappa shape index (κ3) is 4.17. The van der Waals surface area contributed by atoms with Crippen molar-refractivity contribution in [2.75, 3.05) is 13.1 Å². The minimum absolute atomic E-state index is 0.137. The van der Waals surface area contributed by atoms with Crippen LogP contribution in [0.2, 0.25) is 0 Å². The van der Waals surface area contributed by atoms with Gasteiger partial charge in [0, 0.05) is 18.0 Å². The van der Waals surface area contributed by atoms with Gasteiger partial charge >= 0.3 is 12.1 Å². The number of aromatic nitrogens is 1. The molecule has 0 N–H and O–H groups in total. The number of esters is 1. The van der Waals surface area contributed by atoms with Crippen LogP contribution in [0, 0.1) is 0 Å². The Morgan fingerprint density at radius 3 is 2.32 bits per heavy atom. The topological polar surface area (TPSA) is 68.6 Å². The summed E-state index contributed by atoms with van der Waals surface area (Å²) < 4.78 is 70.3. The fourth-order valence-corrected chi connectivity index (χ4v) is 5.19. The zero-order chi connectivity index (χ0) is 22.2. The number of carbonyl (C=O) groups excluding carboxylic acids is 1. The number of ether oxygens (including phenoxy) is 1. The maximum Gasteiger partial charge on any atom is 0.491 e. The zero-order valence-electron chi connectivity index (χ0n) is 16.3. The molecule has 2 aromatic carbocycles. The van der Waals surface area contributed by atoms with Gasteiger partial charge < -0.3 is 4.74 Å². The summed E-state index contributed by atoms with van der Waals surface area (Å²) in [5, 5.41) is 0.416. The smallest absolute Gasteiger partial charge is 0.402 e. The van der Waals surface area contributed by atoms with E-state index in [0.29, 0.717) is 15.9 Å². The van der Waals surface area contributed by atoms with Crippen LogP contribution in [0.4, 0.5) is 13.2 Å². The Bertz CT molecular complexity index is 1210. The van der Waals surface area contributed by atoms with Gasteiger partial charge in [-0.2, -0.15) is 13.2 Å². The van der Waals surface area contributed by atoms with Gasteiger partial charge in [-0.1, -0.05) is 30.3 Å². The summed E-state index contributed by atoms with van der Waals surface area (Å²) in [6.07, 6.45) is -3.17. The number of halogens is 3. The van der Waals surface area contributed by atoms with Crippen LogP contribution in [0.5, 0.6) is 5.88 Å². The van der Waals surface area contributed by atoms with E-state index >= 15 is 0 Å². The van der Waals surface area contributed by atoms with E-state index in [2.05, 4.69) is 9.64 Å². The number of benzene rings is 2. The molecule has 3 aromatic rings. The SMILES string of the molecule is O=C(Oc1cc2c(CN3CCCC3)cccc2n1S(=O)(=O)c1ccccc1)C(F)(F)F. The van der Waals surface area contributed by atoms with E-state index in [-0.39, 0.29) is 10.4 Å². The van der Waals surface area contributed by atoms with Crippen molar-refractivity contribution in [1.29, 1.82) is 0 Å². The molecule has 0 aliphatic carbocycles. The molecule has 0 bridgehead atoms. The van der Waals surface area contributed by atoms with Crippen molar-refractivity contribution < 1.29 is 31.1 Å². The van der Waals surface area contributed by atoms with E-state index < -0.39 is 28.0 Å². The molecule has 1 saturated heterocycles. The standard InChI is InChI=1S/C21H19F3N2O4S/c22-21(23,24)20(27)30-19-13-17-15(14-25-11-4-5-12-25)7-6-10-18(17)26(19)31(28,29)16-8-2-1-3-9-16/h1-3,6-10,13H,4-5,11-12,14H2. The second kappa shape index (κ2) is 8.01. The molecule has 6 nitrogen and oxygen atoms in total. The molecular formula is C21H19F3N2O4S.